The molecule has 16 heavy (non-hydrogen) atoms. The zero-order valence-electron chi connectivity index (χ0n) is 9.45. The Morgan fingerprint density at radius 1 is 1.06 bits per heavy atom. The Kier molecular flexibility index (Phi) is 2.91. The molecule has 2 saturated heterocycles. The lowest BCUT2D eigenvalue weighted by atomic mass is 9.86. The van der Waals surface area contributed by atoms with Crippen LogP contribution in [0.3, 0.4) is 0 Å². The summed E-state index contributed by atoms with van der Waals surface area (Å²) in [6.07, 6.45) is 6.74. The maximum Gasteiger partial charge on any atom is 0.0406 e. The first-order valence-corrected chi connectivity index (χ1v) is 6.69. The van der Waals surface area contributed by atoms with Crippen molar-refractivity contribution in [1.82, 2.24) is 5.32 Å². The van der Waals surface area contributed by atoms with Gasteiger partial charge in [0.2, 0.25) is 0 Å². The molecule has 0 unspecified atom stereocenters. The van der Waals surface area contributed by atoms with Crippen molar-refractivity contribution in [2.24, 2.45) is 5.92 Å². The number of rotatable bonds is 2. The second-order valence-corrected chi connectivity index (χ2v) is 5.65. The number of benzene rings is 1. The molecule has 1 aromatic carbocycles. The van der Waals surface area contributed by atoms with E-state index in [0.717, 1.165) is 23.0 Å². The van der Waals surface area contributed by atoms with Gasteiger partial charge in [-0.2, -0.15) is 0 Å². The van der Waals surface area contributed by atoms with E-state index in [4.69, 9.17) is 11.6 Å². The monoisotopic (exact) mass is 235 g/mol. The van der Waals surface area contributed by atoms with Gasteiger partial charge >= 0.3 is 0 Å². The molecule has 2 bridgehead atoms. The number of hydrogen-bond donors (Lipinski definition) is 1. The zero-order chi connectivity index (χ0) is 11.0. The average molecular weight is 236 g/mol. The Labute approximate surface area is 102 Å². The molecule has 0 aliphatic carbocycles. The van der Waals surface area contributed by atoms with Gasteiger partial charge in [-0.3, -0.25) is 0 Å². The van der Waals surface area contributed by atoms with E-state index in [9.17, 15) is 0 Å². The molecule has 0 spiro atoms. The van der Waals surface area contributed by atoms with E-state index in [0.29, 0.717) is 0 Å². The summed E-state index contributed by atoms with van der Waals surface area (Å²) < 4.78 is 0. The largest absolute Gasteiger partial charge is 0.311 e. The SMILES string of the molecule is Clc1ccc(C[C@@H]2CC[C@H]3CC[C@H]2N3)cc1. The lowest BCUT2D eigenvalue weighted by molar-refractivity contribution is 0.289. The topological polar surface area (TPSA) is 12.0 Å². The molecule has 3 rings (SSSR count). The minimum Gasteiger partial charge on any atom is -0.311 e. The highest BCUT2D eigenvalue weighted by atomic mass is 35.5. The lowest BCUT2D eigenvalue weighted by Crippen LogP contribution is -2.41. The van der Waals surface area contributed by atoms with Crippen LogP contribution in [-0.4, -0.2) is 12.1 Å². The van der Waals surface area contributed by atoms with Crippen molar-refractivity contribution in [2.75, 3.05) is 0 Å². The molecule has 2 heteroatoms. The van der Waals surface area contributed by atoms with Gasteiger partial charge in [0.1, 0.15) is 0 Å². The van der Waals surface area contributed by atoms with E-state index < -0.39 is 0 Å². The predicted molar refractivity (Wildman–Crippen MR) is 67.8 cm³/mol. The highest BCUT2D eigenvalue weighted by molar-refractivity contribution is 6.30. The third-order valence-electron chi connectivity index (χ3n) is 4.14. The molecular formula is C14H18ClN. The van der Waals surface area contributed by atoms with Gasteiger partial charge in [0.15, 0.2) is 0 Å². The first-order valence-electron chi connectivity index (χ1n) is 6.32. The molecule has 0 aromatic heterocycles. The highest BCUT2D eigenvalue weighted by Gasteiger charge is 2.34. The molecule has 3 atom stereocenters. The number of hydrogen-bond acceptors (Lipinski definition) is 1. The van der Waals surface area contributed by atoms with Crippen LogP contribution in [0.4, 0.5) is 0 Å². The van der Waals surface area contributed by atoms with Crippen molar-refractivity contribution >= 4 is 11.6 Å². The quantitative estimate of drug-likeness (QED) is 0.829. The van der Waals surface area contributed by atoms with Gasteiger partial charge in [-0.05, 0) is 55.7 Å². The van der Waals surface area contributed by atoms with Crippen LogP contribution in [0, 0.1) is 5.92 Å². The summed E-state index contributed by atoms with van der Waals surface area (Å²) >= 11 is 5.90. The lowest BCUT2D eigenvalue weighted by Gasteiger charge is -2.30. The summed E-state index contributed by atoms with van der Waals surface area (Å²) in [5.74, 6) is 0.833. The molecule has 1 nitrogen and oxygen atoms in total. The normalized spacial score (nSPS) is 32.9. The first kappa shape index (κ1) is 10.6. The zero-order valence-corrected chi connectivity index (χ0v) is 10.2. The van der Waals surface area contributed by atoms with Crippen LogP contribution in [0.25, 0.3) is 0 Å². The summed E-state index contributed by atoms with van der Waals surface area (Å²) in [5.41, 5.74) is 1.43. The van der Waals surface area contributed by atoms with Crippen LogP contribution in [0.5, 0.6) is 0 Å². The Morgan fingerprint density at radius 3 is 2.62 bits per heavy atom. The molecule has 1 N–H and O–H groups in total. The average Bonchev–Trinajstić information content (AvgIpc) is 2.69. The van der Waals surface area contributed by atoms with Gasteiger partial charge in [0, 0.05) is 17.1 Å². The van der Waals surface area contributed by atoms with Crippen LogP contribution in [0.2, 0.25) is 5.02 Å². The Bertz CT molecular complexity index is 360. The standard InChI is InChI=1S/C14H18ClN/c15-12-4-1-10(2-5-12)9-11-3-6-13-7-8-14(11)16-13/h1-2,4-5,11,13-14,16H,3,6-9H2/t11-,13-,14+/m0/s1. The molecule has 2 heterocycles. The molecule has 0 amide bonds. The summed E-state index contributed by atoms with van der Waals surface area (Å²) in [7, 11) is 0. The number of nitrogens with one attached hydrogen (secondary N) is 1. The molecule has 1 aromatic rings. The molecule has 0 radical (unpaired) electrons. The highest BCUT2D eigenvalue weighted by Crippen LogP contribution is 2.33. The van der Waals surface area contributed by atoms with E-state index in [-0.39, 0.29) is 0 Å². The maximum absolute atomic E-state index is 5.90. The molecule has 86 valence electrons. The minimum absolute atomic E-state index is 0.773. The van der Waals surface area contributed by atoms with E-state index >= 15 is 0 Å². The third-order valence-corrected chi connectivity index (χ3v) is 4.39. The van der Waals surface area contributed by atoms with Crippen LogP contribution in [-0.2, 0) is 6.42 Å². The van der Waals surface area contributed by atoms with E-state index in [1.54, 1.807) is 0 Å². The van der Waals surface area contributed by atoms with E-state index in [2.05, 4.69) is 17.4 Å². The summed E-state index contributed by atoms with van der Waals surface area (Å²) in [5, 5.41) is 4.59. The molecule has 2 aliphatic rings. The van der Waals surface area contributed by atoms with Crippen molar-refractivity contribution in [3.8, 4) is 0 Å². The van der Waals surface area contributed by atoms with E-state index in [1.165, 1.54) is 37.7 Å². The Morgan fingerprint density at radius 2 is 1.81 bits per heavy atom. The molecule has 0 saturated carbocycles. The van der Waals surface area contributed by atoms with Crippen molar-refractivity contribution < 1.29 is 0 Å². The fraction of sp³-hybridized carbons (Fsp3) is 0.571. The van der Waals surface area contributed by atoms with Crippen molar-refractivity contribution in [3.63, 3.8) is 0 Å². The van der Waals surface area contributed by atoms with Gasteiger partial charge in [0.05, 0.1) is 0 Å². The maximum atomic E-state index is 5.90. The second kappa shape index (κ2) is 4.38. The smallest absolute Gasteiger partial charge is 0.0406 e. The molecule has 2 aliphatic heterocycles. The fourth-order valence-corrected chi connectivity index (χ4v) is 3.36. The Hall–Kier alpha value is -0.530. The Balaban J connectivity index is 1.68. The van der Waals surface area contributed by atoms with Crippen LogP contribution in [0.15, 0.2) is 24.3 Å². The van der Waals surface area contributed by atoms with Crippen molar-refractivity contribution in [2.45, 2.75) is 44.2 Å². The van der Waals surface area contributed by atoms with Gasteiger partial charge in [-0.1, -0.05) is 23.7 Å². The van der Waals surface area contributed by atoms with E-state index in [1.807, 2.05) is 12.1 Å². The van der Waals surface area contributed by atoms with Crippen LogP contribution in [0.1, 0.15) is 31.2 Å². The minimum atomic E-state index is 0.773. The first-order chi connectivity index (χ1) is 7.81. The van der Waals surface area contributed by atoms with Crippen LogP contribution < -0.4 is 5.32 Å². The van der Waals surface area contributed by atoms with Gasteiger partial charge in [-0.25, -0.2) is 0 Å². The summed E-state index contributed by atoms with van der Waals surface area (Å²) in [6, 6.07) is 9.95. The molecule has 2 fully saturated rings. The number of halogens is 1. The van der Waals surface area contributed by atoms with Gasteiger partial charge in [-0.15, -0.1) is 0 Å². The molecular weight excluding hydrogens is 218 g/mol. The predicted octanol–water partition coefficient (Wildman–Crippen LogP) is 3.41. The third kappa shape index (κ3) is 2.11. The van der Waals surface area contributed by atoms with Crippen molar-refractivity contribution in [3.05, 3.63) is 34.9 Å². The van der Waals surface area contributed by atoms with Crippen molar-refractivity contribution in [1.29, 1.82) is 0 Å². The van der Waals surface area contributed by atoms with Gasteiger partial charge < -0.3 is 5.32 Å². The summed E-state index contributed by atoms with van der Waals surface area (Å²) in [4.78, 5) is 0. The second-order valence-electron chi connectivity index (χ2n) is 5.22. The summed E-state index contributed by atoms with van der Waals surface area (Å²) in [6.45, 7) is 0. The fourth-order valence-electron chi connectivity index (χ4n) is 3.23. The van der Waals surface area contributed by atoms with Crippen LogP contribution >= 0.6 is 11.6 Å². The number of fused-ring (bicyclic) bond motifs is 2. The number of piperidine rings is 1. The van der Waals surface area contributed by atoms with Gasteiger partial charge in [0.25, 0.3) is 0 Å².